The molecule has 0 spiro atoms. The molecule has 0 aliphatic rings. The maximum atomic E-state index is 12.7. The molecule has 0 bridgehead atoms. The number of nitro groups is 1. The van der Waals surface area contributed by atoms with Crippen molar-refractivity contribution in [3.8, 4) is 5.75 Å². The fourth-order valence-corrected chi connectivity index (χ4v) is 2.19. The van der Waals surface area contributed by atoms with E-state index in [0.29, 0.717) is 0 Å². The summed E-state index contributed by atoms with van der Waals surface area (Å²) in [6.07, 6.45) is -3.49. The van der Waals surface area contributed by atoms with Gasteiger partial charge in [0, 0.05) is 17.7 Å². The van der Waals surface area contributed by atoms with Gasteiger partial charge in [-0.15, -0.1) is 0 Å². The van der Waals surface area contributed by atoms with E-state index in [-0.39, 0.29) is 32.8 Å². The molecule has 7 nitrogen and oxygen atoms in total. The Kier molecular flexibility index (Phi) is 6.18. The van der Waals surface area contributed by atoms with Crippen LogP contribution in [0, 0.1) is 10.1 Å². The maximum absolute atomic E-state index is 12.7. The number of nitrogens with zero attached hydrogens (tertiary/aromatic N) is 2. The molecule has 0 aliphatic carbocycles. The molecule has 0 radical (unpaired) electrons. The van der Waals surface area contributed by atoms with E-state index in [1.165, 1.54) is 0 Å². The van der Waals surface area contributed by atoms with Crippen LogP contribution in [0.3, 0.4) is 0 Å². The van der Waals surface area contributed by atoms with Crippen LogP contribution in [0.2, 0.25) is 5.02 Å². The standard InChI is InChI=1S/C15H10ClF3N4O3S/c16-11-3-1-9(15(17,18)19)6-12(11)21-14(27)22-20-7-8-5-10(23(25)26)2-4-13(8)24/h1-7,24H,(H2,21,22,27)/b20-7+. The summed E-state index contributed by atoms with van der Waals surface area (Å²) in [4.78, 5) is 10.1. The van der Waals surface area contributed by atoms with E-state index in [1.807, 2.05) is 0 Å². The first-order chi connectivity index (χ1) is 12.6. The molecular formula is C15H10ClF3N4O3S. The van der Waals surface area contributed by atoms with Gasteiger partial charge >= 0.3 is 6.18 Å². The Hall–Kier alpha value is -2.92. The van der Waals surface area contributed by atoms with Crippen LogP contribution in [-0.2, 0) is 6.18 Å². The van der Waals surface area contributed by atoms with Crippen LogP contribution in [0.5, 0.6) is 5.75 Å². The van der Waals surface area contributed by atoms with Crippen LogP contribution < -0.4 is 10.7 Å². The molecular weight excluding hydrogens is 409 g/mol. The average molecular weight is 419 g/mol. The smallest absolute Gasteiger partial charge is 0.416 e. The summed E-state index contributed by atoms with van der Waals surface area (Å²) >= 11 is 10.7. The van der Waals surface area contributed by atoms with Crippen molar-refractivity contribution < 1.29 is 23.2 Å². The number of hydrogen-bond acceptors (Lipinski definition) is 5. The highest BCUT2D eigenvalue weighted by Crippen LogP contribution is 2.33. The van der Waals surface area contributed by atoms with Gasteiger partial charge in [0.25, 0.3) is 5.69 Å². The van der Waals surface area contributed by atoms with Gasteiger partial charge in [-0.25, -0.2) is 0 Å². The van der Waals surface area contributed by atoms with Crippen LogP contribution in [-0.4, -0.2) is 21.4 Å². The quantitative estimate of drug-likeness (QED) is 0.296. The second kappa shape index (κ2) is 8.18. The van der Waals surface area contributed by atoms with E-state index in [2.05, 4.69) is 15.8 Å². The minimum absolute atomic E-state index is 0.00691. The largest absolute Gasteiger partial charge is 0.507 e. The first-order valence-corrected chi connectivity index (χ1v) is 7.81. The number of alkyl halides is 3. The predicted octanol–water partition coefficient (Wildman–Crippen LogP) is 4.29. The molecule has 2 rings (SSSR count). The molecule has 0 heterocycles. The first-order valence-electron chi connectivity index (χ1n) is 7.02. The average Bonchev–Trinajstić information content (AvgIpc) is 2.57. The molecule has 142 valence electrons. The summed E-state index contributed by atoms with van der Waals surface area (Å²) in [7, 11) is 0. The van der Waals surface area contributed by atoms with Crippen molar-refractivity contribution in [1.82, 2.24) is 5.43 Å². The predicted molar refractivity (Wildman–Crippen MR) is 98.2 cm³/mol. The zero-order valence-corrected chi connectivity index (χ0v) is 14.7. The van der Waals surface area contributed by atoms with Crippen molar-refractivity contribution in [1.29, 1.82) is 0 Å². The van der Waals surface area contributed by atoms with E-state index in [0.717, 1.165) is 42.6 Å². The number of anilines is 1. The summed E-state index contributed by atoms with van der Waals surface area (Å²) in [6.45, 7) is 0. The van der Waals surface area contributed by atoms with Gasteiger partial charge < -0.3 is 10.4 Å². The minimum atomic E-state index is -4.55. The Labute approximate surface area is 160 Å². The molecule has 0 fully saturated rings. The van der Waals surface area contributed by atoms with Crippen LogP contribution in [0.15, 0.2) is 41.5 Å². The number of nitro benzene ring substituents is 1. The van der Waals surface area contributed by atoms with Gasteiger partial charge in [0.15, 0.2) is 5.11 Å². The fraction of sp³-hybridized carbons (Fsp3) is 0.0667. The topological polar surface area (TPSA) is 99.8 Å². The molecule has 0 saturated heterocycles. The molecule has 0 aliphatic heterocycles. The lowest BCUT2D eigenvalue weighted by atomic mass is 10.2. The third-order valence-electron chi connectivity index (χ3n) is 3.13. The van der Waals surface area contributed by atoms with Crippen molar-refractivity contribution in [3.05, 3.63) is 62.7 Å². The Morgan fingerprint density at radius 3 is 2.63 bits per heavy atom. The van der Waals surface area contributed by atoms with Gasteiger partial charge in [0.1, 0.15) is 5.75 Å². The van der Waals surface area contributed by atoms with Crippen LogP contribution in [0.1, 0.15) is 11.1 Å². The van der Waals surface area contributed by atoms with E-state index < -0.39 is 16.7 Å². The van der Waals surface area contributed by atoms with Gasteiger partial charge in [0.2, 0.25) is 0 Å². The molecule has 2 aromatic carbocycles. The second-order valence-corrected chi connectivity index (χ2v) is 5.83. The lowest BCUT2D eigenvalue weighted by molar-refractivity contribution is -0.384. The SMILES string of the molecule is O=[N+]([O-])c1ccc(O)c(/C=N/NC(=S)Nc2cc(C(F)(F)F)ccc2Cl)c1. The molecule has 0 unspecified atom stereocenters. The van der Waals surface area contributed by atoms with Crippen molar-refractivity contribution in [2.45, 2.75) is 6.18 Å². The lowest BCUT2D eigenvalue weighted by Crippen LogP contribution is -2.24. The number of hydrogen-bond donors (Lipinski definition) is 3. The number of benzene rings is 2. The zero-order chi connectivity index (χ0) is 20.2. The van der Waals surface area contributed by atoms with Gasteiger partial charge in [-0.1, -0.05) is 11.6 Å². The molecule has 0 saturated carbocycles. The number of nitrogens with one attached hydrogen (secondary N) is 2. The second-order valence-electron chi connectivity index (χ2n) is 5.02. The van der Waals surface area contributed by atoms with Crippen molar-refractivity contribution in [2.75, 3.05) is 5.32 Å². The van der Waals surface area contributed by atoms with E-state index in [1.54, 1.807) is 0 Å². The van der Waals surface area contributed by atoms with Crippen molar-refractivity contribution in [2.24, 2.45) is 5.10 Å². The molecule has 0 aromatic heterocycles. The van der Waals surface area contributed by atoms with Gasteiger partial charge in [0.05, 0.1) is 27.4 Å². The molecule has 12 heteroatoms. The highest BCUT2D eigenvalue weighted by Gasteiger charge is 2.31. The zero-order valence-electron chi connectivity index (χ0n) is 13.1. The third kappa shape index (κ3) is 5.53. The number of phenolic OH excluding ortho intramolecular Hbond substituents is 1. The normalized spacial score (nSPS) is 11.4. The Balaban J connectivity index is 2.08. The van der Waals surface area contributed by atoms with Gasteiger partial charge in [-0.05, 0) is 36.5 Å². The van der Waals surface area contributed by atoms with Crippen LogP contribution >= 0.6 is 23.8 Å². The molecule has 27 heavy (non-hydrogen) atoms. The number of non-ortho nitro benzene ring substituents is 1. The van der Waals surface area contributed by atoms with Crippen molar-refractivity contribution >= 4 is 46.5 Å². The highest BCUT2D eigenvalue weighted by atomic mass is 35.5. The Morgan fingerprint density at radius 2 is 2.00 bits per heavy atom. The van der Waals surface area contributed by atoms with Crippen molar-refractivity contribution in [3.63, 3.8) is 0 Å². The monoisotopic (exact) mass is 418 g/mol. The van der Waals surface area contributed by atoms with E-state index >= 15 is 0 Å². The summed E-state index contributed by atoms with van der Waals surface area (Å²) in [6, 6.07) is 6.00. The number of phenols is 1. The number of thiocarbonyl (C=S) groups is 1. The summed E-state index contributed by atoms with van der Waals surface area (Å²) in [5.74, 6) is -0.258. The minimum Gasteiger partial charge on any atom is -0.507 e. The number of aromatic hydroxyl groups is 1. The molecule has 0 atom stereocenters. The van der Waals surface area contributed by atoms with E-state index in [4.69, 9.17) is 23.8 Å². The molecule has 2 aromatic rings. The first kappa shape index (κ1) is 20.4. The summed E-state index contributed by atoms with van der Waals surface area (Å²) < 4.78 is 38.2. The molecule has 3 N–H and O–H groups in total. The summed E-state index contributed by atoms with van der Waals surface area (Å²) in [5, 5.41) is 26.3. The van der Waals surface area contributed by atoms with E-state index in [9.17, 15) is 28.4 Å². The van der Waals surface area contributed by atoms with Crippen LogP contribution in [0.4, 0.5) is 24.5 Å². The Morgan fingerprint density at radius 1 is 1.30 bits per heavy atom. The summed E-state index contributed by atoms with van der Waals surface area (Å²) in [5.41, 5.74) is 1.09. The number of halogens is 4. The number of rotatable bonds is 4. The van der Waals surface area contributed by atoms with Gasteiger partial charge in [-0.3, -0.25) is 15.5 Å². The highest BCUT2D eigenvalue weighted by molar-refractivity contribution is 7.80. The Bertz CT molecular complexity index is 922. The fourth-order valence-electron chi connectivity index (χ4n) is 1.87. The van der Waals surface area contributed by atoms with Gasteiger partial charge in [-0.2, -0.15) is 18.3 Å². The number of hydrazone groups is 1. The molecule has 0 amide bonds. The lowest BCUT2D eigenvalue weighted by Gasteiger charge is -2.12. The third-order valence-corrected chi connectivity index (χ3v) is 3.66. The van der Waals surface area contributed by atoms with Crippen LogP contribution in [0.25, 0.3) is 0 Å². The maximum Gasteiger partial charge on any atom is 0.416 e.